The molecule has 0 saturated carbocycles. The highest BCUT2D eigenvalue weighted by Gasteiger charge is 2.54. The fraction of sp³-hybridized carbons (Fsp3) is 0.417. The average Bonchev–Trinajstić information content (AvgIpc) is 3.48. The first-order chi connectivity index (χ1) is 16.5. The zero-order valence-corrected chi connectivity index (χ0v) is 20.9. The van der Waals surface area contributed by atoms with Gasteiger partial charge in [-0.2, -0.15) is 0 Å². The first-order valence-corrected chi connectivity index (χ1v) is 12.2. The van der Waals surface area contributed by atoms with E-state index >= 15 is 0 Å². The number of methoxy groups -OCH3 is 3. The molecule has 1 fully saturated rings. The summed E-state index contributed by atoms with van der Waals surface area (Å²) in [5.41, 5.74) is 2.34. The van der Waals surface area contributed by atoms with Gasteiger partial charge in [0.05, 0.1) is 38.3 Å². The molecular weight excluding hydrogens is 559 g/mol. The van der Waals surface area contributed by atoms with Gasteiger partial charge in [-0.1, -0.05) is 22.6 Å². The summed E-state index contributed by atoms with van der Waals surface area (Å²) in [6.45, 7) is 0.248. The lowest BCUT2D eigenvalue weighted by Crippen LogP contribution is -2.36. The minimum Gasteiger partial charge on any atom is -0.493 e. The molecule has 10 heteroatoms. The SMILES string of the molecule is COc1cc([C@@H]2c3cc4c(cc3[C@H](OC(=O)CI)[C@H]3COC(=O)C23)OCO4)cc(OC)c1OC. The highest BCUT2D eigenvalue weighted by atomic mass is 127. The zero-order chi connectivity index (χ0) is 24.0. The van der Waals surface area contributed by atoms with Gasteiger partial charge in [0.15, 0.2) is 23.0 Å². The van der Waals surface area contributed by atoms with Crippen molar-refractivity contribution >= 4 is 34.5 Å². The van der Waals surface area contributed by atoms with Gasteiger partial charge in [0.1, 0.15) is 6.10 Å². The third-order valence-corrected chi connectivity index (χ3v) is 7.16. The summed E-state index contributed by atoms with van der Waals surface area (Å²) < 4.78 is 39.4. The van der Waals surface area contributed by atoms with Gasteiger partial charge in [0.25, 0.3) is 0 Å². The second-order valence-electron chi connectivity index (χ2n) is 8.13. The van der Waals surface area contributed by atoms with Crippen LogP contribution in [0.15, 0.2) is 24.3 Å². The van der Waals surface area contributed by atoms with Gasteiger partial charge in [-0.15, -0.1) is 0 Å². The predicted octanol–water partition coefficient (Wildman–Crippen LogP) is 3.40. The number of hydrogen-bond donors (Lipinski definition) is 0. The Morgan fingerprint density at radius 2 is 1.62 bits per heavy atom. The van der Waals surface area contributed by atoms with Crippen molar-refractivity contribution in [3.8, 4) is 28.7 Å². The Kier molecular flexibility index (Phi) is 6.09. The molecule has 0 bridgehead atoms. The molecule has 34 heavy (non-hydrogen) atoms. The average molecular weight is 582 g/mol. The fourth-order valence-corrected chi connectivity index (χ4v) is 5.30. The molecule has 3 aliphatic rings. The summed E-state index contributed by atoms with van der Waals surface area (Å²) in [6, 6.07) is 7.37. The zero-order valence-electron chi connectivity index (χ0n) is 18.8. The Hall–Kier alpha value is -2.89. The Labute approximate surface area is 209 Å². The molecule has 0 amide bonds. The molecule has 0 spiro atoms. The van der Waals surface area contributed by atoms with Gasteiger partial charge >= 0.3 is 11.9 Å². The molecule has 1 aliphatic carbocycles. The molecule has 2 aromatic carbocycles. The number of cyclic esters (lactones) is 1. The van der Waals surface area contributed by atoms with Crippen molar-refractivity contribution in [3.63, 3.8) is 0 Å². The molecule has 0 N–H and O–H groups in total. The summed E-state index contributed by atoms with van der Waals surface area (Å²) >= 11 is 1.96. The molecule has 0 aromatic heterocycles. The molecule has 5 rings (SSSR count). The van der Waals surface area contributed by atoms with Crippen LogP contribution in [0.3, 0.4) is 0 Å². The standard InChI is InChI=1S/C24H23IO9/c1-28-17-4-11(5-18(29-2)23(17)30-3)20-12-6-15-16(33-10-32-15)7-13(12)22(34-19(26)8-25)14-9-31-24(27)21(14)20/h4-7,14,20-22H,8-10H2,1-3H3/t14-,20+,21?,22-/m0/s1. The van der Waals surface area contributed by atoms with Gasteiger partial charge in [-0.25, -0.2) is 0 Å². The number of rotatable bonds is 6. The van der Waals surface area contributed by atoms with Gasteiger partial charge in [0, 0.05) is 17.4 Å². The second-order valence-corrected chi connectivity index (χ2v) is 8.90. The maximum absolute atomic E-state index is 13.1. The molecule has 4 atom stereocenters. The van der Waals surface area contributed by atoms with Crippen molar-refractivity contribution in [2.45, 2.75) is 12.0 Å². The number of hydrogen-bond acceptors (Lipinski definition) is 9. The predicted molar refractivity (Wildman–Crippen MR) is 126 cm³/mol. The van der Waals surface area contributed by atoms with E-state index in [1.165, 1.54) is 7.11 Å². The van der Waals surface area contributed by atoms with E-state index in [4.69, 9.17) is 33.2 Å². The third kappa shape index (κ3) is 3.58. The number of halogens is 1. The van der Waals surface area contributed by atoms with Crippen molar-refractivity contribution in [2.24, 2.45) is 11.8 Å². The van der Waals surface area contributed by atoms with Crippen LogP contribution in [0.5, 0.6) is 28.7 Å². The first kappa shape index (κ1) is 22.9. The topological polar surface area (TPSA) is 98.8 Å². The van der Waals surface area contributed by atoms with Crippen LogP contribution in [0.4, 0.5) is 0 Å². The Morgan fingerprint density at radius 1 is 0.971 bits per heavy atom. The van der Waals surface area contributed by atoms with E-state index in [1.54, 1.807) is 14.2 Å². The van der Waals surface area contributed by atoms with Crippen LogP contribution in [0.1, 0.15) is 28.7 Å². The molecule has 0 radical (unpaired) electrons. The smallest absolute Gasteiger partial charge is 0.316 e. The van der Waals surface area contributed by atoms with E-state index in [0.29, 0.717) is 28.7 Å². The lowest BCUT2D eigenvalue weighted by atomic mass is 9.66. The monoisotopic (exact) mass is 582 g/mol. The van der Waals surface area contributed by atoms with Crippen LogP contribution < -0.4 is 23.7 Å². The Bertz CT molecular complexity index is 1120. The van der Waals surface area contributed by atoms with E-state index in [1.807, 2.05) is 46.9 Å². The fourth-order valence-electron chi connectivity index (χ4n) is 5.12. The minimum atomic E-state index is -0.651. The lowest BCUT2D eigenvalue weighted by molar-refractivity contribution is -0.151. The van der Waals surface area contributed by atoms with E-state index < -0.39 is 17.9 Å². The van der Waals surface area contributed by atoms with Crippen LogP contribution in [0, 0.1) is 11.8 Å². The summed E-state index contributed by atoms with van der Waals surface area (Å²) in [6.07, 6.45) is -0.651. The Balaban J connectivity index is 1.73. The number of benzene rings is 2. The number of ether oxygens (including phenoxy) is 7. The van der Waals surface area contributed by atoms with Gasteiger partial charge in [-0.05, 0) is 35.4 Å². The molecule has 2 aliphatic heterocycles. The van der Waals surface area contributed by atoms with Crippen LogP contribution in [-0.2, 0) is 19.1 Å². The van der Waals surface area contributed by atoms with Crippen LogP contribution in [0.25, 0.3) is 0 Å². The third-order valence-electron chi connectivity index (χ3n) is 6.53. The van der Waals surface area contributed by atoms with Crippen LogP contribution >= 0.6 is 22.6 Å². The van der Waals surface area contributed by atoms with Crippen molar-refractivity contribution in [3.05, 3.63) is 41.0 Å². The summed E-state index contributed by atoms with van der Waals surface area (Å²) in [7, 11) is 4.62. The van der Waals surface area contributed by atoms with Crippen LogP contribution in [-0.4, -0.2) is 51.1 Å². The largest absolute Gasteiger partial charge is 0.493 e. The summed E-state index contributed by atoms with van der Waals surface area (Å²) in [4.78, 5) is 25.4. The van der Waals surface area contributed by atoms with E-state index in [0.717, 1.165) is 16.7 Å². The molecule has 1 unspecified atom stereocenters. The molecule has 1 saturated heterocycles. The number of fused-ring (bicyclic) bond motifs is 3. The van der Waals surface area contributed by atoms with E-state index in [9.17, 15) is 9.59 Å². The summed E-state index contributed by atoms with van der Waals surface area (Å²) in [5.74, 6) is 0.463. The van der Waals surface area contributed by atoms with Crippen molar-refractivity contribution in [1.29, 1.82) is 0 Å². The highest BCUT2D eigenvalue weighted by Crippen LogP contribution is 2.56. The van der Waals surface area contributed by atoms with E-state index in [2.05, 4.69) is 0 Å². The molecule has 2 aromatic rings. The quantitative estimate of drug-likeness (QED) is 0.289. The second kappa shape index (κ2) is 9.05. The number of carbonyl (C=O) groups excluding carboxylic acids is 2. The van der Waals surface area contributed by atoms with Crippen molar-refractivity contribution in [1.82, 2.24) is 0 Å². The maximum atomic E-state index is 13.1. The minimum absolute atomic E-state index is 0.0974. The van der Waals surface area contributed by atoms with Crippen molar-refractivity contribution < 1.29 is 42.7 Å². The van der Waals surface area contributed by atoms with Crippen LogP contribution in [0.2, 0.25) is 0 Å². The number of esters is 2. The first-order valence-electron chi connectivity index (χ1n) is 10.7. The van der Waals surface area contributed by atoms with Gasteiger partial charge in [-0.3, -0.25) is 9.59 Å². The lowest BCUT2D eigenvalue weighted by Gasteiger charge is -2.38. The van der Waals surface area contributed by atoms with Gasteiger partial charge in [0.2, 0.25) is 12.5 Å². The molecule has 9 nitrogen and oxygen atoms in total. The molecule has 2 heterocycles. The molecular formula is C24H23IO9. The normalized spacial score (nSPS) is 24.1. The van der Waals surface area contributed by atoms with Crippen molar-refractivity contribution in [2.75, 3.05) is 39.2 Å². The van der Waals surface area contributed by atoms with E-state index in [-0.39, 0.29) is 35.7 Å². The summed E-state index contributed by atoms with van der Waals surface area (Å²) in [5, 5.41) is 0. The number of carbonyl (C=O) groups is 2. The highest BCUT2D eigenvalue weighted by molar-refractivity contribution is 14.1. The number of alkyl halides is 1. The van der Waals surface area contributed by atoms with Gasteiger partial charge < -0.3 is 33.2 Å². The molecule has 180 valence electrons. The Morgan fingerprint density at radius 3 is 2.21 bits per heavy atom. The maximum Gasteiger partial charge on any atom is 0.316 e.